The molecule has 4 rings (SSSR count). The van der Waals surface area contributed by atoms with Crippen molar-refractivity contribution < 1.29 is 14.3 Å². The number of thiophene rings is 1. The molecule has 0 fully saturated rings. The molecule has 148 valence electrons. The van der Waals surface area contributed by atoms with E-state index in [0.29, 0.717) is 27.1 Å². The molecule has 7 heteroatoms. The van der Waals surface area contributed by atoms with Gasteiger partial charge in [-0.05, 0) is 55.5 Å². The Morgan fingerprint density at radius 3 is 2.69 bits per heavy atom. The van der Waals surface area contributed by atoms with Gasteiger partial charge in [0.15, 0.2) is 23.2 Å². The molecule has 0 saturated carbocycles. The average Bonchev–Trinajstić information content (AvgIpc) is 3.41. The van der Waals surface area contributed by atoms with Gasteiger partial charge >= 0.3 is 0 Å². The van der Waals surface area contributed by atoms with Crippen molar-refractivity contribution in [1.29, 1.82) is 5.26 Å². The summed E-state index contributed by atoms with van der Waals surface area (Å²) in [6, 6.07) is 9.69. The normalized spacial score (nSPS) is 14.0. The molecule has 2 aromatic heterocycles. The van der Waals surface area contributed by atoms with Crippen LogP contribution in [0.1, 0.15) is 43.9 Å². The summed E-state index contributed by atoms with van der Waals surface area (Å²) in [5.74, 6) is 0.212. The molecule has 0 amide bonds. The Morgan fingerprint density at radius 1 is 1.17 bits per heavy atom. The van der Waals surface area contributed by atoms with Crippen LogP contribution in [0.4, 0.5) is 0 Å². The highest BCUT2D eigenvalue weighted by atomic mass is 32.1. The van der Waals surface area contributed by atoms with Gasteiger partial charge in [0.1, 0.15) is 5.01 Å². The maximum absolute atomic E-state index is 13.0. The molecule has 0 bridgehead atoms. The van der Waals surface area contributed by atoms with Gasteiger partial charge in [0.05, 0.1) is 30.9 Å². The summed E-state index contributed by atoms with van der Waals surface area (Å²) in [6.07, 6.45) is 4.40. The highest BCUT2D eigenvalue weighted by Gasteiger charge is 2.28. The van der Waals surface area contributed by atoms with Gasteiger partial charge in [0, 0.05) is 15.8 Å². The van der Waals surface area contributed by atoms with Gasteiger partial charge in [-0.3, -0.25) is 4.79 Å². The number of carbonyl (C=O) groups is 1. The van der Waals surface area contributed by atoms with Crippen molar-refractivity contribution >= 4 is 28.5 Å². The van der Waals surface area contributed by atoms with Crippen molar-refractivity contribution in [3.05, 3.63) is 50.0 Å². The van der Waals surface area contributed by atoms with Crippen LogP contribution in [-0.2, 0) is 12.8 Å². The van der Waals surface area contributed by atoms with E-state index in [1.807, 2.05) is 29.6 Å². The molecule has 1 aromatic carbocycles. The first-order chi connectivity index (χ1) is 14.1. The average molecular weight is 425 g/mol. The second-order valence-electron chi connectivity index (χ2n) is 6.83. The maximum atomic E-state index is 13.0. The molecule has 3 aromatic rings. The Morgan fingerprint density at radius 2 is 1.97 bits per heavy atom. The molecule has 0 spiro atoms. The minimum Gasteiger partial charge on any atom is -0.493 e. The van der Waals surface area contributed by atoms with Crippen molar-refractivity contribution in [3.8, 4) is 28.8 Å². The van der Waals surface area contributed by atoms with Gasteiger partial charge in [-0.15, -0.1) is 22.7 Å². The molecule has 1 atom stereocenters. The number of carbonyl (C=O) groups excluding carboxylic acids is 1. The van der Waals surface area contributed by atoms with Crippen molar-refractivity contribution in [2.24, 2.45) is 0 Å². The van der Waals surface area contributed by atoms with Gasteiger partial charge < -0.3 is 9.47 Å². The predicted molar refractivity (Wildman–Crippen MR) is 114 cm³/mol. The number of aromatic nitrogens is 1. The maximum Gasteiger partial charge on any atom is 0.196 e. The number of Topliss-reactive ketones (excluding diaryl/α,β-unsaturated/α-hetero) is 1. The monoisotopic (exact) mass is 424 g/mol. The summed E-state index contributed by atoms with van der Waals surface area (Å²) in [5.41, 5.74) is 2.83. The number of ether oxygens (including phenoxy) is 2. The number of fused-ring (bicyclic) bond motifs is 1. The molecule has 1 aliphatic rings. The zero-order chi connectivity index (χ0) is 20.4. The van der Waals surface area contributed by atoms with Gasteiger partial charge in [0.2, 0.25) is 0 Å². The van der Waals surface area contributed by atoms with Crippen molar-refractivity contribution in [2.45, 2.75) is 31.6 Å². The van der Waals surface area contributed by atoms with E-state index in [2.05, 4.69) is 11.1 Å². The van der Waals surface area contributed by atoms with Crippen LogP contribution in [0, 0.1) is 11.3 Å². The number of benzene rings is 1. The lowest BCUT2D eigenvalue weighted by Gasteiger charge is -2.08. The highest BCUT2D eigenvalue weighted by Crippen LogP contribution is 2.36. The molecule has 0 aliphatic heterocycles. The summed E-state index contributed by atoms with van der Waals surface area (Å²) in [4.78, 5) is 19.6. The second-order valence-corrected chi connectivity index (χ2v) is 8.86. The molecular weight excluding hydrogens is 404 g/mol. The summed E-state index contributed by atoms with van der Waals surface area (Å²) in [6.45, 7) is 0. The quantitative estimate of drug-likeness (QED) is 0.505. The first-order valence-electron chi connectivity index (χ1n) is 9.37. The predicted octanol–water partition coefficient (Wildman–Crippen LogP) is 5.26. The molecule has 0 radical (unpaired) electrons. The van der Waals surface area contributed by atoms with E-state index in [1.54, 1.807) is 14.2 Å². The zero-order valence-corrected chi connectivity index (χ0v) is 17.9. The van der Waals surface area contributed by atoms with Crippen LogP contribution in [0.5, 0.6) is 11.5 Å². The van der Waals surface area contributed by atoms with E-state index in [4.69, 9.17) is 9.47 Å². The van der Waals surface area contributed by atoms with Crippen molar-refractivity contribution in [2.75, 3.05) is 14.2 Å². The summed E-state index contributed by atoms with van der Waals surface area (Å²) in [5, 5.41) is 12.1. The highest BCUT2D eigenvalue weighted by molar-refractivity contribution is 7.14. The number of methoxy groups -OCH3 is 2. The molecular formula is C22H20N2O3S2. The SMILES string of the molecule is COc1ccc(-c2csc(C(C#N)C(=O)c3cc4c(s3)CCCC4)n2)cc1OC. The number of rotatable bonds is 6. The number of aryl methyl sites for hydroxylation is 2. The molecule has 1 unspecified atom stereocenters. The fourth-order valence-corrected chi connectivity index (χ4v) is 5.62. The van der Waals surface area contributed by atoms with Crippen LogP contribution in [0.15, 0.2) is 29.6 Å². The van der Waals surface area contributed by atoms with Gasteiger partial charge in [-0.25, -0.2) is 4.98 Å². The van der Waals surface area contributed by atoms with Crippen LogP contribution in [0.2, 0.25) is 0 Å². The number of hydrogen-bond donors (Lipinski definition) is 0. The van der Waals surface area contributed by atoms with E-state index in [9.17, 15) is 10.1 Å². The smallest absolute Gasteiger partial charge is 0.196 e. The number of thiazole rings is 1. The fraction of sp³-hybridized carbons (Fsp3) is 0.318. The molecule has 1 aliphatic carbocycles. The molecule has 29 heavy (non-hydrogen) atoms. The number of ketones is 1. The number of nitrogens with zero attached hydrogens (tertiary/aromatic N) is 2. The first-order valence-corrected chi connectivity index (χ1v) is 11.1. The summed E-state index contributed by atoms with van der Waals surface area (Å²) in [7, 11) is 3.17. The van der Waals surface area contributed by atoms with Gasteiger partial charge in [-0.2, -0.15) is 5.26 Å². The third kappa shape index (κ3) is 3.78. The van der Waals surface area contributed by atoms with E-state index >= 15 is 0 Å². The Labute approximate surface area is 177 Å². The number of hydrogen-bond acceptors (Lipinski definition) is 7. The first kappa shape index (κ1) is 19.6. The largest absolute Gasteiger partial charge is 0.493 e. The Bertz CT molecular complexity index is 1070. The lowest BCUT2D eigenvalue weighted by Crippen LogP contribution is -2.09. The minimum absolute atomic E-state index is 0.153. The van der Waals surface area contributed by atoms with Crippen molar-refractivity contribution in [1.82, 2.24) is 4.98 Å². The van der Waals surface area contributed by atoms with Crippen LogP contribution >= 0.6 is 22.7 Å². The Hall–Kier alpha value is -2.69. The fourth-order valence-electron chi connectivity index (χ4n) is 3.53. The number of nitriles is 1. The van der Waals surface area contributed by atoms with Crippen LogP contribution in [0.25, 0.3) is 11.3 Å². The van der Waals surface area contributed by atoms with E-state index < -0.39 is 5.92 Å². The van der Waals surface area contributed by atoms with Crippen LogP contribution < -0.4 is 9.47 Å². The van der Waals surface area contributed by atoms with Crippen LogP contribution in [0.3, 0.4) is 0 Å². The molecule has 0 N–H and O–H groups in total. The second kappa shape index (κ2) is 8.36. The van der Waals surface area contributed by atoms with Gasteiger partial charge in [-0.1, -0.05) is 0 Å². The molecule has 5 nitrogen and oxygen atoms in total. The minimum atomic E-state index is -0.881. The third-order valence-corrected chi connectivity index (χ3v) is 7.24. The topological polar surface area (TPSA) is 72.2 Å². The van der Waals surface area contributed by atoms with Crippen LogP contribution in [-0.4, -0.2) is 25.0 Å². The van der Waals surface area contributed by atoms with E-state index in [0.717, 1.165) is 18.4 Å². The summed E-state index contributed by atoms with van der Waals surface area (Å²) < 4.78 is 10.6. The Kier molecular flexibility index (Phi) is 5.65. The van der Waals surface area contributed by atoms with Gasteiger partial charge in [0.25, 0.3) is 0 Å². The molecule has 2 heterocycles. The van der Waals surface area contributed by atoms with E-state index in [-0.39, 0.29) is 5.78 Å². The summed E-state index contributed by atoms with van der Waals surface area (Å²) >= 11 is 2.88. The standard InChI is InChI=1S/C22H20N2O3S2/c1-26-17-8-7-13(9-18(17)27-2)16-12-28-22(24-16)15(11-23)21(25)20-10-14-5-3-4-6-19(14)29-20/h7-10,12,15H,3-6H2,1-2H3. The Balaban J connectivity index is 1.61. The lowest BCUT2D eigenvalue weighted by molar-refractivity contribution is 0.0982. The third-order valence-electron chi connectivity index (χ3n) is 5.08. The van der Waals surface area contributed by atoms with E-state index in [1.165, 1.54) is 46.0 Å². The molecule has 0 saturated heterocycles. The van der Waals surface area contributed by atoms with Crippen molar-refractivity contribution in [3.63, 3.8) is 0 Å². The zero-order valence-electron chi connectivity index (χ0n) is 16.2. The lowest BCUT2D eigenvalue weighted by atomic mass is 9.98.